The van der Waals surface area contributed by atoms with Crippen molar-refractivity contribution in [3.8, 4) is 0 Å². The van der Waals surface area contributed by atoms with E-state index < -0.39 is 10.0 Å². The van der Waals surface area contributed by atoms with Crippen molar-refractivity contribution in [1.82, 2.24) is 5.32 Å². The number of aryl methyl sites for hydroxylation is 1. The van der Waals surface area contributed by atoms with Crippen LogP contribution >= 0.6 is 0 Å². The predicted molar refractivity (Wildman–Crippen MR) is 81.2 cm³/mol. The highest BCUT2D eigenvalue weighted by Gasteiger charge is 2.13. The van der Waals surface area contributed by atoms with Crippen LogP contribution < -0.4 is 10.0 Å². The average molecular weight is 290 g/mol. The van der Waals surface area contributed by atoms with Gasteiger partial charge >= 0.3 is 0 Å². The average Bonchev–Trinajstić information content (AvgIpc) is 2.42. The van der Waals surface area contributed by atoms with Crippen molar-refractivity contribution in [3.05, 3.63) is 59.7 Å². The molecule has 0 fully saturated rings. The Labute approximate surface area is 119 Å². The van der Waals surface area contributed by atoms with Crippen LogP contribution in [0.2, 0.25) is 0 Å². The molecule has 0 saturated carbocycles. The van der Waals surface area contributed by atoms with Crippen LogP contribution in [0.15, 0.2) is 53.4 Å². The zero-order valence-electron chi connectivity index (χ0n) is 11.6. The fourth-order valence-electron chi connectivity index (χ4n) is 1.83. The fraction of sp³-hybridized carbons (Fsp3) is 0.200. The van der Waals surface area contributed by atoms with Crippen molar-refractivity contribution in [2.45, 2.75) is 18.4 Å². The number of benzene rings is 2. The minimum absolute atomic E-state index is 0.262. The van der Waals surface area contributed by atoms with E-state index in [-0.39, 0.29) is 4.90 Å². The van der Waals surface area contributed by atoms with Gasteiger partial charge in [0.1, 0.15) is 0 Å². The summed E-state index contributed by atoms with van der Waals surface area (Å²) in [7, 11) is -1.68. The lowest BCUT2D eigenvalue weighted by Crippen LogP contribution is -2.13. The summed E-state index contributed by atoms with van der Waals surface area (Å²) < 4.78 is 27.0. The Morgan fingerprint density at radius 2 is 1.55 bits per heavy atom. The van der Waals surface area contributed by atoms with Gasteiger partial charge < -0.3 is 5.32 Å². The molecule has 2 rings (SSSR count). The van der Waals surface area contributed by atoms with Gasteiger partial charge in [-0.25, -0.2) is 8.42 Å². The lowest BCUT2D eigenvalue weighted by Gasteiger charge is -2.09. The summed E-state index contributed by atoms with van der Waals surface area (Å²) in [5, 5.41) is 3.02. The summed E-state index contributed by atoms with van der Waals surface area (Å²) in [6.07, 6.45) is 0. The molecule has 106 valence electrons. The molecule has 2 aromatic carbocycles. The van der Waals surface area contributed by atoms with E-state index in [2.05, 4.69) is 10.0 Å². The van der Waals surface area contributed by atoms with Gasteiger partial charge in [0.2, 0.25) is 0 Å². The Bertz CT molecular complexity index is 662. The molecular weight excluding hydrogens is 272 g/mol. The van der Waals surface area contributed by atoms with Gasteiger partial charge in [0.15, 0.2) is 0 Å². The van der Waals surface area contributed by atoms with Gasteiger partial charge in [-0.15, -0.1) is 0 Å². The van der Waals surface area contributed by atoms with Gasteiger partial charge in [-0.2, -0.15) is 0 Å². The van der Waals surface area contributed by atoms with Crippen LogP contribution in [0.25, 0.3) is 0 Å². The summed E-state index contributed by atoms with van der Waals surface area (Å²) in [5.74, 6) is 0. The smallest absolute Gasteiger partial charge is 0.261 e. The summed E-state index contributed by atoms with van der Waals surface area (Å²) >= 11 is 0. The predicted octanol–water partition coefficient (Wildman–Crippen LogP) is 2.52. The van der Waals surface area contributed by atoms with Crippen LogP contribution in [0.5, 0.6) is 0 Å². The third-order valence-electron chi connectivity index (χ3n) is 2.92. The van der Waals surface area contributed by atoms with E-state index >= 15 is 0 Å². The molecule has 0 spiro atoms. The molecule has 0 bridgehead atoms. The Kier molecular flexibility index (Phi) is 4.42. The normalized spacial score (nSPS) is 11.3. The quantitative estimate of drug-likeness (QED) is 0.889. The second kappa shape index (κ2) is 6.07. The molecule has 0 saturated heterocycles. The summed E-state index contributed by atoms with van der Waals surface area (Å²) in [5.41, 5.74) is 2.70. The second-order valence-electron chi connectivity index (χ2n) is 4.65. The van der Waals surface area contributed by atoms with Crippen molar-refractivity contribution in [2.75, 3.05) is 11.8 Å². The molecule has 2 aromatic rings. The topological polar surface area (TPSA) is 58.2 Å². The number of sulfonamides is 1. The number of anilines is 1. The van der Waals surface area contributed by atoms with Gasteiger partial charge in [0, 0.05) is 12.2 Å². The molecule has 0 aliphatic carbocycles. The molecule has 0 aromatic heterocycles. The number of hydrogen-bond donors (Lipinski definition) is 2. The molecule has 20 heavy (non-hydrogen) atoms. The van der Waals surface area contributed by atoms with E-state index in [1.54, 1.807) is 36.4 Å². The minimum atomic E-state index is -3.53. The van der Waals surface area contributed by atoms with Crippen molar-refractivity contribution in [3.63, 3.8) is 0 Å². The van der Waals surface area contributed by atoms with Gasteiger partial charge in [0.25, 0.3) is 10.0 Å². The largest absolute Gasteiger partial charge is 0.316 e. The van der Waals surface area contributed by atoms with Crippen LogP contribution in [0, 0.1) is 6.92 Å². The Hall–Kier alpha value is -1.85. The fourth-order valence-corrected chi connectivity index (χ4v) is 2.88. The van der Waals surface area contributed by atoms with Crippen LogP contribution in [-0.2, 0) is 16.6 Å². The summed E-state index contributed by atoms with van der Waals surface area (Å²) in [6.45, 7) is 2.67. The van der Waals surface area contributed by atoms with E-state index in [0.29, 0.717) is 12.2 Å². The van der Waals surface area contributed by atoms with Crippen LogP contribution in [0.1, 0.15) is 11.1 Å². The highest BCUT2D eigenvalue weighted by molar-refractivity contribution is 7.92. The summed E-state index contributed by atoms with van der Waals surface area (Å²) in [4.78, 5) is 0.262. The highest BCUT2D eigenvalue weighted by atomic mass is 32.2. The van der Waals surface area contributed by atoms with Gasteiger partial charge in [-0.1, -0.05) is 29.8 Å². The molecule has 4 nitrogen and oxygen atoms in total. The molecule has 0 radical (unpaired) electrons. The minimum Gasteiger partial charge on any atom is -0.316 e. The standard InChI is InChI=1S/C15H18N2O2S/c1-12-3-7-14(8-4-12)17-20(18,19)15-9-5-13(6-10-15)11-16-2/h3-10,16-17H,11H2,1-2H3. The third-order valence-corrected chi connectivity index (χ3v) is 4.32. The first-order valence-corrected chi connectivity index (χ1v) is 7.82. The van der Waals surface area contributed by atoms with Crippen molar-refractivity contribution < 1.29 is 8.42 Å². The Morgan fingerprint density at radius 3 is 2.10 bits per heavy atom. The SMILES string of the molecule is CNCc1ccc(S(=O)(=O)Nc2ccc(C)cc2)cc1. The van der Waals surface area contributed by atoms with Gasteiger partial charge in [-0.3, -0.25) is 4.72 Å². The molecule has 0 unspecified atom stereocenters. The van der Waals surface area contributed by atoms with Crippen molar-refractivity contribution in [2.24, 2.45) is 0 Å². The molecule has 0 aliphatic rings. The van der Waals surface area contributed by atoms with Gasteiger partial charge in [-0.05, 0) is 43.8 Å². The van der Waals surface area contributed by atoms with E-state index in [4.69, 9.17) is 0 Å². The van der Waals surface area contributed by atoms with Gasteiger partial charge in [0.05, 0.1) is 4.90 Å². The maximum absolute atomic E-state index is 12.2. The molecule has 2 N–H and O–H groups in total. The first-order valence-electron chi connectivity index (χ1n) is 6.34. The second-order valence-corrected chi connectivity index (χ2v) is 6.33. The molecular formula is C15H18N2O2S. The van der Waals surface area contributed by atoms with Crippen LogP contribution in [0.4, 0.5) is 5.69 Å². The lowest BCUT2D eigenvalue weighted by atomic mass is 10.2. The van der Waals surface area contributed by atoms with E-state index in [1.807, 2.05) is 26.1 Å². The van der Waals surface area contributed by atoms with Crippen LogP contribution in [-0.4, -0.2) is 15.5 Å². The van der Waals surface area contributed by atoms with E-state index in [1.165, 1.54) is 0 Å². The first-order chi connectivity index (χ1) is 9.51. The number of hydrogen-bond acceptors (Lipinski definition) is 3. The Balaban J connectivity index is 2.19. The Morgan fingerprint density at radius 1 is 0.950 bits per heavy atom. The maximum Gasteiger partial charge on any atom is 0.261 e. The van der Waals surface area contributed by atoms with Crippen molar-refractivity contribution in [1.29, 1.82) is 0 Å². The molecule has 0 heterocycles. The molecule has 0 aliphatic heterocycles. The lowest BCUT2D eigenvalue weighted by molar-refractivity contribution is 0.601. The number of rotatable bonds is 5. The molecule has 0 atom stereocenters. The monoisotopic (exact) mass is 290 g/mol. The van der Waals surface area contributed by atoms with E-state index in [9.17, 15) is 8.42 Å². The first kappa shape index (κ1) is 14.6. The van der Waals surface area contributed by atoms with Crippen molar-refractivity contribution >= 4 is 15.7 Å². The van der Waals surface area contributed by atoms with Crippen LogP contribution in [0.3, 0.4) is 0 Å². The third kappa shape index (κ3) is 3.59. The van der Waals surface area contributed by atoms with E-state index in [0.717, 1.165) is 11.1 Å². The molecule has 0 amide bonds. The zero-order chi connectivity index (χ0) is 14.6. The number of nitrogens with one attached hydrogen (secondary N) is 2. The highest BCUT2D eigenvalue weighted by Crippen LogP contribution is 2.17. The summed E-state index contributed by atoms with van der Waals surface area (Å²) in [6, 6.07) is 14.1. The zero-order valence-corrected chi connectivity index (χ0v) is 12.4. The molecule has 5 heteroatoms. The maximum atomic E-state index is 12.2.